The van der Waals surface area contributed by atoms with Gasteiger partial charge >= 0.3 is 170 Å². The molecule has 1 saturated heterocycles. The van der Waals surface area contributed by atoms with Gasteiger partial charge < -0.3 is 5.11 Å². The van der Waals surface area contributed by atoms with E-state index in [0.29, 0.717) is 6.10 Å². The zero-order chi connectivity index (χ0) is 21.3. The summed E-state index contributed by atoms with van der Waals surface area (Å²) < 4.78 is 29.4. The Hall–Kier alpha value is 0.171. The van der Waals surface area contributed by atoms with Crippen LogP contribution in [0.2, 0.25) is 0.889 Å². The predicted molar refractivity (Wildman–Crippen MR) is 122 cm³/mol. The Morgan fingerprint density at radius 1 is 1.27 bits per heavy atom. The number of alkyl halides is 2. The molecule has 1 unspecified atom stereocenters. The van der Waals surface area contributed by atoms with E-state index in [2.05, 4.69) is 45.3 Å². The Kier molecular flexibility index (Phi) is 10.8. The molecule has 2 heterocycles. The topological polar surface area (TPSA) is 48.5 Å². The molecule has 1 aromatic heterocycles. The van der Waals surface area contributed by atoms with Crippen LogP contribution < -0.4 is 4.74 Å². The van der Waals surface area contributed by atoms with Gasteiger partial charge in [0.25, 0.3) is 0 Å². The van der Waals surface area contributed by atoms with Gasteiger partial charge in [0.2, 0.25) is 0 Å². The SMILES string of the molecule is C[S][Sr][CH]1CCN(CCc2c[nH]c3ccc(OC4CCCCC4)cc23)C1.OC(F)F. The third kappa shape index (κ3) is 7.94. The molecule has 1 atom stereocenters. The third-order valence-electron chi connectivity index (χ3n) is 6.06. The number of benzene rings is 1. The summed E-state index contributed by atoms with van der Waals surface area (Å²) in [5.74, 6) is 1.06. The smallest absolute Gasteiger partial charge is 0.339 e. The van der Waals surface area contributed by atoms with E-state index >= 15 is 0 Å². The molecule has 2 fully saturated rings. The Bertz CT molecular complexity index is 768. The van der Waals surface area contributed by atoms with Crippen LogP contribution in [0, 0.1) is 0 Å². The van der Waals surface area contributed by atoms with Gasteiger partial charge in [-0.2, -0.15) is 8.78 Å². The number of fused-ring (bicyclic) bond motifs is 1. The molecule has 0 bridgehead atoms. The quantitative estimate of drug-likeness (QED) is 0.506. The van der Waals surface area contributed by atoms with E-state index in [1.165, 1.54) is 74.6 Å². The second-order valence-electron chi connectivity index (χ2n) is 8.34. The second-order valence-corrected chi connectivity index (χ2v) is 18.8. The van der Waals surface area contributed by atoms with Crippen LogP contribution in [-0.4, -0.2) is 92.6 Å². The van der Waals surface area contributed by atoms with Gasteiger partial charge in [0, 0.05) is 0 Å². The fourth-order valence-electron chi connectivity index (χ4n) is 4.58. The minimum atomic E-state index is -3.17. The maximum Gasteiger partial charge on any atom is 0.342 e. The fourth-order valence-corrected chi connectivity index (χ4v) is 12.2. The molecule has 4 rings (SSSR count). The van der Waals surface area contributed by atoms with Crippen molar-refractivity contribution >= 4 is 54.6 Å². The minimum absolute atomic E-state index is 0.424. The summed E-state index contributed by atoms with van der Waals surface area (Å²) in [5.41, 5.74) is 2.69. The number of aliphatic hydroxyl groups is 1. The average Bonchev–Trinajstić information content (AvgIpc) is 3.33. The van der Waals surface area contributed by atoms with Crippen LogP contribution >= 0.6 is 4.75 Å². The van der Waals surface area contributed by atoms with E-state index in [-0.39, 0.29) is 0 Å². The summed E-state index contributed by atoms with van der Waals surface area (Å²) in [4.78, 5) is 6.15. The molecule has 0 amide bonds. The zero-order valence-electron chi connectivity index (χ0n) is 17.8. The van der Waals surface area contributed by atoms with E-state index in [0.717, 1.165) is 13.1 Å². The van der Waals surface area contributed by atoms with Gasteiger partial charge in [-0.05, 0) is 12.8 Å². The first kappa shape index (κ1) is 24.8. The van der Waals surface area contributed by atoms with Gasteiger partial charge in [0.1, 0.15) is 0 Å². The molecular formula is C22H32F2N2O2SSr. The van der Waals surface area contributed by atoms with Crippen molar-refractivity contribution in [3.63, 3.8) is 0 Å². The first-order chi connectivity index (χ1) is 14.5. The molecule has 0 radical (unpaired) electrons. The van der Waals surface area contributed by atoms with Gasteiger partial charge in [-0.3, -0.25) is 0 Å². The summed E-state index contributed by atoms with van der Waals surface area (Å²) in [6.07, 6.45) is 14.0. The van der Waals surface area contributed by atoms with E-state index in [1.54, 1.807) is 0 Å². The Morgan fingerprint density at radius 3 is 2.77 bits per heavy atom. The number of aromatic nitrogens is 1. The summed E-state index contributed by atoms with van der Waals surface area (Å²) >= 11 is -0.524. The first-order valence-electron chi connectivity index (χ1n) is 11.0. The van der Waals surface area contributed by atoms with E-state index in [1.807, 2.05) is 0 Å². The number of aromatic amines is 1. The van der Waals surface area contributed by atoms with E-state index in [4.69, 9.17) is 9.84 Å². The standard InChI is InChI=1S/C20H27N2O.CH2F2O.CH4S.Sr/c1-2-6-17(7-3-1)23-18-8-9-20-19(14-18)16(15-21-20)10-13-22-11-4-5-12-22;2-1(3)4;1-2;/h4,8-9,14-15,17,21H,1-3,5-7,10-13H2;1,4H;2H,1H3;/q;;;+1/p-1. The number of rotatable bonds is 7. The Morgan fingerprint density at radius 2 is 2.03 bits per heavy atom. The van der Waals surface area contributed by atoms with Crippen molar-refractivity contribution in [2.75, 3.05) is 25.9 Å². The van der Waals surface area contributed by atoms with Crippen LogP contribution in [-0.2, 0) is 6.42 Å². The van der Waals surface area contributed by atoms with Gasteiger partial charge in [0.05, 0.1) is 0 Å². The number of H-pyrrole nitrogens is 1. The van der Waals surface area contributed by atoms with Crippen LogP contribution in [0.25, 0.3) is 10.9 Å². The average molecular weight is 514 g/mol. The summed E-state index contributed by atoms with van der Waals surface area (Å²) in [6.45, 7) is 0.729. The molecular weight excluding hydrogens is 482 g/mol. The molecule has 1 aliphatic carbocycles. The second kappa shape index (κ2) is 13.0. The maximum atomic E-state index is 9.89. The number of ether oxygens (including phenoxy) is 1. The number of hydrogen-bond acceptors (Lipinski definition) is 4. The largest absolute Gasteiger partial charge is 0.342 e. The van der Waals surface area contributed by atoms with E-state index < -0.39 is 45.6 Å². The minimum Gasteiger partial charge on any atom is -0.339 e. The molecule has 0 spiro atoms. The van der Waals surface area contributed by atoms with Crippen LogP contribution in [0.5, 0.6) is 5.75 Å². The number of halogens is 2. The Balaban J connectivity index is 0.000000589. The number of nitrogens with zero attached hydrogens (tertiary/aromatic N) is 1. The number of aliphatic hydroxyl groups excluding tert-OH is 1. The van der Waals surface area contributed by atoms with Crippen molar-refractivity contribution in [1.29, 1.82) is 0 Å². The molecule has 1 saturated carbocycles. The van der Waals surface area contributed by atoms with E-state index in [9.17, 15) is 8.78 Å². The molecule has 8 heteroatoms. The fraction of sp³-hybridized carbons (Fsp3) is 0.636. The first-order valence-corrected chi connectivity index (χ1v) is 18.6. The predicted octanol–water partition coefficient (Wildman–Crippen LogP) is 5.10. The molecule has 4 nitrogen and oxygen atoms in total. The third-order valence-corrected chi connectivity index (χ3v) is 14.4. The van der Waals surface area contributed by atoms with Gasteiger partial charge in [-0.25, -0.2) is 0 Å². The molecule has 2 aliphatic rings. The van der Waals surface area contributed by atoms with Crippen LogP contribution in [0.3, 0.4) is 0 Å². The van der Waals surface area contributed by atoms with Crippen molar-refractivity contribution in [3.05, 3.63) is 30.0 Å². The molecule has 1 aromatic carbocycles. The van der Waals surface area contributed by atoms with Crippen LogP contribution in [0.15, 0.2) is 24.4 Å². The van der Waals surface area contributed by atoms with Crippen molar-refractivity contribution in [3.8, 4) is 5.75 Å². The number of likely N-dealkylation sites (tertiary alicyclic amines) is 1. The molecule has 1 aliphatic heterocycles. The summed E-state index contributed by atoms with van der Waals surface area (Å²) in [5, 5.41) is 8.08. The number of hydrogen-bond donors (Lipinski definition) is 2. The Labute approximate surface area is 201 Å². The number of nitrogens with one attached hydrogen (secondary N) is 1. The van der Waals surface area contributed by atoms with Crippen molar-refractivity contribution in [1.82, 2.24) is 9.88 Å². The molecule has 164 valence electrons. The molecule has 2 N–H and O–H groups in total. The summed E-state index contributed by atoms with van der Waals surface area (Å²) in [7, 11) is 0. The maximum absolute atomic E-state index is 9.89. The van der Waals surface area contributed by atoms with Crippen LogP contribution in [0.1, 0.15) is 44.1 Å². The summed E-state index contributed by atoms with van der Waals surface area (Å²) in [6, 6.07) is 6.60. The van der Waals surface area contributed by atoms with Gasteiger partial charge in [-0.1, -0.05) is 6.42 Å². The van der Waals surface area contributed by atoms with Gasteiger partial charge in [0.15, 0.2) is 0 Å². The van der Waals surface area contributed by atoms with Crippen molar-refractivity contribution < 1.29 is 18.6 Å². The van der Waals surface area contributed by atoms with Gasteiger partial charge in [-0.15, -0.1) is 0 Å². The monoisotopic (exact) mass is 514 g/mol. The normalized spacial score (nSPS) is 20.2. The van der Waals surface area contributed by atoms with Crippen LogP contribution in [0.4, 0.5) is 8.78 Å². The molecule has 30 heavy (non-hydrogen) atoms. The van der Waals surface area contributed by atoms with Crippen molar-refractivity contribution in [2.24, 2.45) is 0 Å². The van der Waals surface area contributed by atoms with Crippen molar-refractivity contribution in [2.45, 2.75) is 58.6 Å². The molecule has 2 aromatic rings. The zero-order valence-corrected chi connectivity index (χ0v) is 22.1.